The van der Waals surface area contributed by atoms with Crippen molar-refractivity contribution in [2.24, 2.45) is 0 Å². The van der Waals surface area contributed by atoms with Crippen molar-refractivity contribution in [3.8, 4) is 0 Å². The third-order valence-corrected chi connectivity index (χ3v) is 7.08. The van der Waals surface area contributed by atoms with Gasteiger partial charge >= 0.3 is 0 Å². The van der Waals surface area contributed by atoms with Gasteiger partial charge in [0.15, 0.2) is 0 Å². The molecule has 1 aliphatic heterocycles. The molecule has 0 atom stereocenters. The van der Waals surface area contributed by atoms with E-state index in [1.165, 1.54) is 23.5 Å². The van der Waals surface area contributed by atoms with E-state index in [1.807, 2.05) is 42.2 Å². The zero-order chi connectivity index (χ0) is 23.2. The lowest BCUT2D eigenvalue weighted by Gasteiger charge is -2.32. The van der Waals surface area contributed by atoms with Crippen molar-refractivity contribution in [3.63, 3.8) is 0 Å². The first-order chi connectivity index (χ1) is 16.0. The second kappa shape index (κ2) is 10.7. The van der Waals surface area contributed by atoms with Gasteiger partial charge in [-0.25, -0.2) is 9.37 Å². The van der Waals surface area contributed by atoms with Crippen LogP contribution in [0.3, 0.4) is 0 Å². The van der Waals surface area contributed by atoms with Gasteiger partial charge in [0.2, 0.25) is 5.91 Å². The molecule has 4 rings (SSSR count). The first-order valence-corrected chi connectivity index (χ1v) is 12.1. The normalized spacial score (nSPS) is 14.3. The number of aromatic nitrogens is 1. The fourth-order valence-electron chi connectivity index (χ4n) is 4.08. The average molecular weight is 466 g/mol. The van der Waals surface area contributed by atoms with Crippen LogP contribution < -0.4 is 5.32 Å². The molecule has 1 aromatic heterocycles. The summed E-state index contributed by atoms with van der Waals surface area (Å²) in [6.45, 7) is 3.10. The van der Waals surface area contributed by atoms with E-state index in [2.05, 4.69) is 10.3 Å². The van der Waals surface area contributed by atoms with Gasteiger partial charge in [0.1, 0.15) is 10.7 Å². The lowest BCUT2D eigenvalue weighted by atomic mass is 10.0. The van der Waals surface area contributed by atoms with Crippen LogP contribution in [0.2, 0.25) is 0 Å². The van der Waals surface area contributed by atoms with E-state index in [0.717, 1.165) is 41.1 Å². The summed E-state index contributed by atoms with van der Waals surface area (Å²) in [6, 6.07) is 16.5. The number of nitrogens with zero attached hydrogens (tertiary/aromatic N) is 2. The SMILES string of the molecule is Cc1nc(Cc2ccc(F)cc2)sc1C(=O)N1CCC(NC(=O)CCc2ccccc2)CC1. The topological polar surface area (TPSA) is 62.3 Å². The molecule has 0 unspecified atom stereocenters. The number of thiazole rings is 1. The van der Waals surface area contributed by atoms with Crippen LogP contribution >= 0.6 is 11.3 Å². The molecule has 1 aliphatic rings. The largest absolute Gasteiger partial charge is 0.353 e. The Morgan fingerprint density at radius 2 is 1.76 bits per heavy atom. The van der Waals surface area contributed by atoms with E-state index >= 15 is 0 Å². The smallest absolute Gasteiger partial charge is 0.265 e. The number of hydrogen-bond acceptors (Lipinski definition) is 4. The van der Waals surface area contributed by atoms with Gasteiger partial charge in [-0.1, -0.05) is 42.5 Å². The second-order valence-corrected chi connectivity index (χ2v) is 9.53. The van der Waals surface area contributed by atoms with Gasteiger partial charge in [-0.3, -0.25) is 9.59 Å². The standard InChI is InChI=1S/C26H28FN3O2S/c1-18-25(33-24(28-18)17-20-7-10-21(27)11-8-20)26(32)30-15-13-22(14-16-30)29-23(31)12-9-19-5-3-2-4-6-19/h2-8,10-11,22H,9,12-17H2,1H3,(H,29,31). The zero-order valence-electron chi connectivity index (χ0n) is 18.7. The first kappa shape index (κ1) is 23.1. The summed E-state index contributed by atoms with van der Waals surface area (Å²) in [7, 11) is 0. The molecule has 2 heterocycles. The van der Waals surface area contributed by atoms with Crippen molar-refractivity contribution in [1.82, 2.24) is 15.2 Å². The van der Waals surface area contributed by atoms with Crippen molar-refractivity contribution in [3.05, 3.63) is 87.1 Å². The molecule has 1 N–H and O–H groups in total. The number of rotatable bonds is 7. The molecule has 172 valence electrons. The maximum Gasteiger partial charge on any atom is 0.265 e. The Hall–Kier alpha value is -3.06. The van der Waals surface area contributed by atoms with Crippen molar-refractivity contribution < 1.29 is 14.0 Å². The van der Waals surface area contributed by atoms with E-state index in [0.29, 0.717) is 30.8 Å². The van der Waals surface area contributed by atoms with Crippen LogP contribution in [0.25, 0.3) is 0 Å². The van der Waals surface area contributed by atoms with Gasteiger partial charge in [0, 0.05) is 32.0 Å². The molecular weight excluding hydrogens is 437 g/mol. The quantitative estimate of drug-likeness (QED) is 0.558. The molecule has 1 saturated heterocycles. The van der Waals surface area contributed by atoms with Gasteiger partial charge in [-0.05, 0) is 49.4 Å². The van der Waals surface area contributed by atoms with E-state index in [1.54, 1.807) is 12.1 Å². The molecule has 3 aromatic rings. The fraction of sp³-hybridized carbons (Fsp3) is 0.346. The summed E-state index contributed by atoms with van der Waals surface area (Å²) in [5.41, 5.74) is 2.86. The minimum atomic E-state index is -0.263. The van der Waals surface area contributed by atoms with Crippen LogP contribution in [0.15, 0.2) is 54.6 Å². The van der Waals surface area contributed by atoms with Crippen LogP contribution in [-0.2, 0) is 17.6 Å². The highest BCUT2D eigenvalue weighted by molar-refractivity contribution is 7.13. The molecule has 1 fully saturated rings. The molecule has 33 heavy (non-hydrogen) atoms. The summed E-state index contributed by atoms with van der Waals surface area (Å²) in [5.74, 6) is -0.197. The number of piperidine rings is 1. The Balaban J connectivity index is 1.26. The number of halogens is 1. The Morgan fingerprint density at radius 1 is 1.06 bits per heavy atom. The number of hydrogen-bond donors (Lipinski definition) is 1. The van der Waals surface area contributed by atoms with Gasteiger partial charge in [0.25, 0.3) is 5.91 Å². The van der Waals surface area contributed by atoms with Crippen LogP contribution in [0.1, 0.15) is 50.8 Å². The van der Waals surface area contributed by atoms with Crippen molar-refractivity contribution in [1.29, 1.82) is 0 Å². The van der Waals surface area contributed by atoms with Gasteiger partial charge in [-0.15, -0.1) is 11.3 Å². The lowest BCUT2D eigenvalue weighted by molar-refractivity contribution is -0.122. The highest BCUT2D eigenvalue weighted by Crippen LogP contribution is 2.24. The summed E-state index contributed by atoms with van der Waals surface area (Å²) >= 11 is 1.41. The predicted octanol–water partition coefficient (Wildman–Crippen LogP) is 4.54. The minimum Gasteiger partial charge on any atom is -0.353 e. The summed E-state index contributed by atoms with van der Waals surface area (Å²) in [6.07, 6.45) is 3.29. The van der Waals surface area contributed by atoms with Crippen molar-refractivity contribution in [2.45, 2.75) is 45.1 Å². The van der Waals surface area contributed by atoms with Crippen LogP contribution in [-0.4, -0.2) is 40.8 Å². The maximum atomic E-state index is 13.1. The Kier molecular flexibility index (Phi) is 7.50. The van der Waals surface area contributed by atoms with Gasteiger partial charge < -0.3 is 10.2 Å². The molecular formula is C26H28FN3O2S. The monoisotopic (exact) mass is 465 g/mol. The second-order valence-electron chi connectivity index (χ2n) is 8.44. The number of nitrogens with one attached hydrogen (secondary N) is 1. The van der Waals surface area contributed by atoms with Crippen LogP contribution in [0.5, 0.6) is 0 Å². The van der Waals surface area contributed by atoms with Crippen molar-refractivity contribution in [2.75, 3.05) is 13.1 Å². The highest BCUT2D eigenvalue weighted by Gasteiger charge is 2.27. The molecule has 0 saturated carbocycles. The Bertz CT molecular complexity index is 1090. The van der Waals surface area contributed by atoms with E-state index in [-0.39, 0.29) is 23.7 Å². The molecule has 2 aromatic carbocycles. The Morgan fingerprint density at radius 3 is 2.45 bits per heavy atom. The van der Waals surface area contributed by atoms with E-state index < -0.39 is 0 Å². The van der Waals surface area contributed by atoms with Gasteiger partial charge in [0.05, 0.1) is 10.7 Å². The molecule has 2 amide bonds. The number of benzene rings is 2. The predicted molar refractivity (Wildman–Crippen MR) is 128 cm³/mol. The van der Waals surface area contributed by atoms with E-state index in [4.69, 9.17) is 0 Å². The lowest BCUT2D eigenvalue weighted by Crippen LogP contribution is -2.46. The first-order valence-electron chi connectivity index (χ1n) is 11.3. The van der Waals surface area contributed by atoms with Crippen LogP contribution in [0.4, 0.5) is 4.39 Å². The Labute approximate surface area is 197 Å². The highest BCUT2D eigenvalue weighted by atomic mass is 32.1. The molecule has 0 radical (unpaired) electrons. The number of carbonyl (C=O) groups excluding carboxylic acids is 2. The molecule has 0 bridgehead atoms. The van der Waals surface area contributed by atoms with Crippen molar-refractivity contribution >= 4 is 23.2 Å². The fourth-order valence-corrected chi connectivity index (χ4v) is 5.14. The van der Waals surface area contributed by atoms with Gasteiger partial charge in [-0.2, -0.15) is 0 Å². The number of aryl methyl sites for hydroxylation is 2. The maximum absolute atomic E-state index is 13.1. The minimum absolute atomic E-state index is 0.00390. The third kappa shape index (κ3) is 6.26. The molecule has 5 nitrogen and oxygen atoms in total. The molecule has 7 heteroatoms. The summed E-state index contributed by atoms with van der Waals surface area (Å²) in [5, 5.41) is 3.97. The number of likely N-dealkylation sites (tertiary alicyclic amines) is 1. The van der Waals surface area contributed by atoms with Crippen LogP contribution in [0, 0.1) is 12.7 Å². The third-order valence-electron chi connectivity index (χ3n) is 5.93. The molecule has 0 aliphatic carbocycles. The summed E-state index contributed by atoms with van der Waals surface area (Å²) in [4.78, 5) is 32.5. The summed E-state index contributed by atoms with van der Waals surface area (Å²) < 4.78 is 13.1. The molecule has 0 spiro atoms. The average Bonchev–Trinajstić information content (AvgIpc) is 3.20. The van der Waals surface area contributed by atoms with E-state index in [9.17, 15) is 14.0 Å². The zero-order valence-corrected chi connectivity index (χ0v) is 19.5. The number of carbonyl (C=O) groups is 2. The number of amides is 2.